The van der Waals surface area contributed by atoms with Gasteiger partial charge in [0.15, 0.2) is 0 Å². The Hall–Kier alpha value is -3.28. The molecule has 0 aromatic heterocycles. The number of imide groups is 1. The van der Waals surface area contributed by atoms with Crippen molar-refractivity contribution in [2.24, 2.45) is 0 Å². The van der Waals surface area contributed by atoms with Gasteiger partial charge in [0, 0.05) is 24.7 Å². The molecule has 31 heavy (non-hydrogen) atoms. The van der Waals surface area contributed by atoms with Gasteiger partial charge in [-0.3, -0.25) is 9.59 Å². The molecule has 0 atom stereocenters. The second-order valence-corrected chi connectivity index (χ2v) is 7.76. The minimum atomic E-state index is -0.331. The van der Waals surface area contributed by atoms with Crippen LogP contribution in [0.4, 0.5) is 5.69 Å². The Morgan fingerprint density at radius 1 is 0.935 bits per heavy atom. The van der Waals surface area contributed by atoms with Crippen LogP contribution < -0.4 is 14.4 Å². The molecule has 6 heteroatoms. The van der Waals surface area contributed by atoms with Crippen molar-refractivity contribution in [1.82, 2.24) is 4.90 Å². The third-order valence-corrected chi connectivity index (χ3v) is 5.66. The Balaban J connectivity index is 1.79. The molecule has 2 heterocycles. The molecular weight excluding hydrogens is 392 g/mol. The zero-order valence-corrected chi connectivity index (χ0v) is 18.1. The van der Waals surface area contributed by atoms with Crippen LogP contribution in [0.5, 0.6) is 11.5 Å². The van der Waals surface area contributed by atoms with Crippen molar-refractivity contribution in [2.75, 3.05) is 31.7 Å². The summed E-state index contributed by atoms with van der Waals surface area (Å²) >= 11 is 0. The fourth-order valence-corrected chi connectivity index (χ4v) is 4.19. The molecule has 162 valence electrons. The Bertz CT molecular complexity index is 1010. The number of methoxy groups -OCH3 is 1. The molecule has 0 aliphatic carbocycles. The summed E-state index contributed by atoms with van der Waals surface area (Å²) in [7, 11) is 1.58. The first-order valence-corrected chi connectivity index (χ1v) is 10.9. The normalized spacial score (nSPS) is 16.8. The molecule has 6 nitrogen and oxygen atoms in total. The molecule has 2 aromatic rings. The number of hydrogen-bond acceptors (Lipinski definition) is 5. The van der Waals surface area contributed by atoms with E-state index in [9.17, 15) is 9.59 Å². The van der Waals surface area contributed by atoms with Gasteiger partial charge in [0.05, 0.1) is 25.0 Å². The lowest BCUT2D eigenvalue weighted by Crippen LogP contribution is -2.37. The monoisotopic (exact) mass is 420 g/mol. The van der Waals surface area contributed by atoms with Crippen LogP contribution in [0.2, 0.25) is 0 Å². The second-order valence-electron chi connectivity index (χ2n) is 7.76. The van der Waals surface area contributed by atoms with Gasteiger partial charge in [0.1, 0.15) is 17.2 Å². The van der Waals surface area contributed by atoms with Crippen molar-refractivity contribution in [3.8, 4) is 11.5 Å². The number of rotatable bonds is 7. The van der Waals surface area contributed by atoms with Gasteiger partial charge in [-0.05, 0) is 43.9 Å². The second kappa shape index (κ2) is 9.25. The van der Waals surface area contributed by atoms with Gasteiger partial charge >= 0.3 is 0 Å². The van der Waals surface area contributed by atoms with Gasteiger partial charge in [0.25, 0.3) is 11.8 Å². The van der Waals surface area contributed by atoms with Gasteiger partial charge in [-0.25, -0.2) is 4.90 Å². The Morgan fingerprint density at radius 3 is 2.45 bits per heavy atom. The lowest BCUT2D eigenvalue weighted by atomic mass is 10.0. The molecule has 0 unspecified atom stereocenters. The first-order chi connectivity index (χ1) is 15.2. The topological polar surface area (TPSA) is 59.1 Å². The first kappa shape index (κ1) is 21.0. The number of anilines is 1. The average molecular weight is 421 g/mol. The molecule has 0 spiro atoms. The molecule has 2 aromatic carbocycles. The van der Waals surface area contributed by atoms with E-state index in [0.717, 1.165) is 38.8 Å². The molecule has 0 N–H and O–H groups in total. The zero-order valence-electron chi connectivity index (χ0n) is 18.1. The van der Waals surface area contributed by atoms with Crippen LogP contribution in [0.1, 0.15) is 38.2 Å². The molecule has 2 aliphatic rings. The van der Waals surface area contributed by atoms with Crippen molar-refractivity contribution in [3.05, 3.63) is 59.8 Å². The van der Waals surface area contributed by atoms with Crippen molar-refractivity contribution >= 4 is 23.1 Å². The molecule has 2 aliphatic heterocycles. The fraction of sp³-hybridized carbons (Fsp3) is 0.360. The van der Waals surface area contributed by atoms with Crippen molar-refractivity contribution in [1.29, 1.82) is 0 Å². The summed E-state index contributed by atoms with van der Waals surface area (Å²) in [4.78, 5) is 30.7. The highest BCUT2D eigenvalue weighted by molar-refractivity contribution is 6.45. The van der Waals surface area contributed by atoms with Crippen LogP contribution in [0.25, 0.3) is 5.57 Å². The van der Waals surface area contributed by atoms with E-state index in [1.807, 2.05) is 43.3 Å². The van der Waals surface area contributed by atoms with Gasteiger partial charge in [-0.1, -0.05) is 31.2 Å². The summed E-state index contributed by atoms with van der Waals surface area (Å²) in [5.74, 6) is 0.600. The number of likely N-dealkylation sites (tertiary alicyclic amines) is 1. The van der Waals surface area contributed by atoms with E-state index < -0.39 is 0 Å². The molecule has 0 saturated carbocycles. The SMILES string of the molecule is CCCOc1cccc(N2C(=O)C(c3ccccc3OC)=C(N3CCCCC3)C2=O)c1. The van der Waals surface area contributed by atoms with E-state index in [1.165, 1.54) is 4.90 Å². The number of nitrogens with zero attached hydrogens (tertiary/aromatic N) is 2. The van der Waals surface area contributed by atoms with Crippen molar-refractivity contribution in [3.63, 3.8) is 0 Å². The Kier molecular flexibility index (Phi) is 6.26. The highest BCUT2D eigenvalue weighted by Gasteiger charge is 2.43. The maximum atomic E-state index is 13.7. The molecule has 2 amide bonds. The highest BCUT2D eigenvalue weighted by atomic mass is 16.5. The molecule has 1 fully saturated rings. The minimum Gasteiger partial charge on any atom is -0.496 e. The number of ether oxygens (including phenoxy) is 2. The molecule has 1 saturated heterocycles. The fourth-order valence-electron chi connectivity index (χ4n) is 4.19. The number of amides is 2. The van der Waals surface area contributed by atoms with E-state index in [1.54, 1.807) is 19.2 Å². The van der Waals surface area contributed by atoms with E-state index in [2.05, 4.69) is 4.90 Å². The van der Waals surface area contributed by atoms with Gasteiger partial charge < -0.3 is 14.4 Å². The Morgan fingerprint density at radius 2 is 1.71 bits per heavy atom. The minimum absolute atomic E-state index is 0.291. The third kappa shape index (κ3) is 4.02. The summed E-state index contributed by atoms with van der Waals surface area (Å²) < 4.78 is 11.3. The summed E-state index contributed by atoms with van der Waals surface area (Å²) in [6, 6.07) is 14.5. The lowest BCUT2D eigenvalue weighted by molar-refractivity contribution is -0.120. The third-order valence-electron chi connectivity index (χ3n) is 5.66. The van der Waals surface area contributed by atoms with Crippen molar-refractivity contribution < 1.29 is 19.1 Å². The van der Waals surface area contributed by atoms with Gasteiger partial charge in [-0.2, -0.15) is 0 Å². The maximum absolute atomic E-state index is 13.7. The predicted molar refractivity (Wildman–Crippen MR) is 120 cm³/mol. The maximum Gasteiger partial charge on any atom is 0.282 e. The van der Waals surface area contributed by atoms with E-state index in [4.69, 9.17) is 9.47 Å². The smallest absolute Gasteiger partial charge is 0.282 e. The van der Waals surface area contributed by atoms with Gasteiger partial charge in [0.2, 0.25) is 0 Å². The van der Waals surface area contributed by atoms with Crippen LogP contribution in [0.3, 0.4) is 0 Å². The summed E-state index contributed by atoms with van der Waals surface area (Å²) in [5, 5.41) is 0. The molecule has 0 radical (unpaired) electrons. The van der Waals surface area contributed by atoms with Crippen LogP contribution >= 0.6 is 0 Å². The summed E-state index contributed by atoms with van der Waals surface area (Å²) in [5.41, 5.74) is 2.03. The average Bonchev–Trinajstić information content (AvgIpc) is 3.08. The molecule has 0 bridgehead atoms. The van der Waals surface area contributed by atoms with Crippen LogP contribution in [-0.2, 0) is 9.59 Å². The van der Waals surface area contributed by atoms with Crippen LogP contribution in [0.15, 0.2) is 54.2 Å². The van der Waals surface area contributed by atoms with E-state index >= 15 is 0 Å². The largest absolute Gasteiger partial charge is 0.496 e. The van der Waals surface area contributed by atoms with Crippen LogP contribution in [0, 0.1) is 0 Å². The number of carbonyl (C=O) groups excluding carboxylic acids is 2. The number of carbonyl (C=O) groups is 2. The number of piperidine rings is 1. The number of benzene rings is 2. The van der Waals surface area contributed by atoms with E-state index in [-0.39, 0.29) is 11.8 Å². The Labute approximate surface area is 183 Å². The lowest BCUT2D eigenvalue weighted by Gasteiger charge is -2.29. The molecular formula is C25H28N2O4. The quantitative estimate of drug-likeness (QED) is 0.627. The van der Waals surface area contributed by atoms with E-state index in [0.29, 0.717) is 40.6 Å². The summed E-state index contributed by atoms with van der Waals surface area (Å²) in [6.07, 6.45) is 4.02. The highest BCUT2D eigenvalue weighted by Crippen LogP contribution is 2.39. The number of hydrogen-bond donors (Lipinski definition) is 0. The van der Waals surface area contributed by atoms with Gasteiger partial charge in [-0.15, -0.1) is 0 Å². The predicted octanol–water partition coefficient (Wildman–Crippen LogP) is 4.25. The van der Waals surface area contributed by atoms with Crippen molar-refractivity contribution in [2.45, 2.75) is 32.6 Å². The zero-order chi connectivity index (χ0) is 21.8. The summed E-state index contributed by atoms with van der Waals surface area (Å²) in [6.45, 7) is 4.14. The first-order valence-electron chi connectivity index (χ1n) is 10.9. The standard InChI is InChI=1S/C25H28N2O4/c1-3-16-31-19-11-9-10-18(17-19)27-24(28)22(20-12-5-6-13-21(20)30-2)23(25(27)29)26-14-7-4-8-15-26/h5-6,9-13,17H,3-4,7-8,14-16H2,1-2H3. The number of para-hydroxylation sites is 1. The molecule has 4 rings (SSSR count). The van der Waals surface area contributed by atoms with Crippen LogP contribution in [-0.4, -0.2) is 43.5 Å².